The molecular weight excluding hydrogens is 657 g/mol. The monoisotopic (exact) mass is 690 g/mol. The lowest BCUT2D eigenvalue weighted by Crippen LogP contribution is -2.33. The number of hydrogen-bond donors (Lipinski definition) is 1. The zero-order valence-corrected chi connectivity index (χ0v) is 29.4. The molecule has 1 N–H and O–H groups in total. The molecule has 1 aliphatic rings. The van der Waals surface area contributed by atoms with Gasteiger partial charge in [0, 0.05) is 27.5 Å². The van der Waals surface area contributed by atoms with Gasteiger partial charge in [-0.25, -0.2) is 15.0 Å². The van der Waals surface area contributed by atoms with Crippen molar-refractivity contribution in [1.82, 2.24) is 10.3 Å². The third kappa shape index (κ3) is 5.71. The molecule has 54 heavy (non-hydrogen) atoms. The smallest absolute Gasteiger partial charge is 0.159 e. The Bertz CT molecular complexity index is 2880. The third-order valence-electron chi connectivity index (χ3n) is 10.4. The van der Waals surface area contributed by atoms with Crippen LogP contribution < -0.4 is 5.32 Å². The minimum absolute atomic E-state index is 0.234. The number of nitrogens with zero attached hydrogens (tertiary/aromatic N) is 3. The highest BCUT2D eigenvalue weighted by Crippen LogP contribution is 2.37. The van der Waals surface area contributed by atoms with Crippen molar-refractivity contribution in [1.29, 1.82) is 0 Å². The van der Waals surface area contributed by atoms with Crippen molar-refractivity contribution in [3.8, 4) is 33.5 Å². The third-order valence-corrected chi connectivity index (χ3v) is 10.4. The second kappa shape index (κ2) is 13.4. The molecule has 4 nitrogen and oxygen atoms in total. The number of nitrogens with one attached hydrogen (secondary N) is 1. The van der Waals surface area contributed by atoms with Crippen molar-refractivity contribution in [3.05, 3.63) is 211 Å². The molecule has 1 aromatic heterocycles. The van der Waals surface area contributed by atoms with Gasteiger partial charge in [0.25, 0.3) is 0 Å². The van der Waals surface area contributed by atoms with Gasteiger partial charge in [0.05, 0.1) is 11.2 Å². The van der Waals surface area contributed by atoms with E-state index in [1.807, 2.05) is 36.4 Å². The summed E-state index contributed by atoms with van der Waals surface area (Å²) in [6, 6.07) is 68.2. The molecule has 0 aliphatic carbocycles. The van der Waals surface area contributed by atoms with Crippen LogP contribution in [-0.2, 0) is 0 Å². The van der Waals surface area contributed by atoms with Crippen molar-refractivity contribution >= 4 is 44.1 Å². The molecule has 0 fully saturated rings. The highest BCUT2D eigenvalue weighted by atomic mass is 15.2. The summed E-state index contributed by atoms with van der Waals surface area (Å²) in [7, 11) is 0. The summed E-state index contributed by atoms with van der Waals surface area (Å²) in [6.07, 6.45) is -0.234. The van der Waals surface area contributed by atoms with Gasteiger partial charge in [0.2, 0.25) is 0 Å². The van der Waals surface area contributed by atoms with Crippen LogP contribution in [0, 0.1) is 0 Å². The number of hydrogen-bond acceptors (Lipinski definition) is 4. The Kier molecular flexibility index (Phi) is 7.85. The van der Waals surface area contributed by atoms with E-state index in [1.54, 1.807) is 0 Å². The van der Waals surface area contributed by atoms with Crippen LogP contribution in [0.3, 0.4) is 0 Å². The first kappa shape index (κ1) is 31.6. The summed E-state index contributed by atoms with van der Waals surface area (Å²) in [6.45, 7) is 0. The molecule has 1 aliphatic heterocycles. The Morgan fingerprint density at radius 2 is 0.889 bits per heavy atom. The fourth-order valence-corrected chi connectivity index (χ4v) is 7.67. The number of aromatic nitrogens is 1. The van der Waals surface area contributed by atoms with Crippen molar-refractivity contribution in [2.45, 2.75) is 6.17 Å². The van der Waals surface area contributed by atoms with Gasteiger partial charge in [0.15, 0.2) is 5.84 Å². The van der Waals surface area contributed by atoms with Gasteiger partial charge >= 0.3 is 0 Å². The normalized spacial score (nSPS) is 14.1. The Hall–Kier alpha value is -7.17. The zero-order valence-electron chi connectivity index (χ0n) is 29.4. The van der Waals surface area contributed by atoms with E-state index in [-0.39, 0.29) is 6.17 Å². The summed E-state index contributed by atoms with van der Waals surface area (Å²) in [5, 5.41) is 9.58. The van der Waals surface area contributed by atoms with Crippen LogP contribution in [0.1, 0.15) is 22.9 Å². The van der Waals surface area contributed by atoms with Crippen LogP contribution in [0.15, 0.2) is 204 Å². The predicted octanol–water partition coefficient (Wildman–Crippen LogP) is 12.0. The van der Waals surface area contributed by atoms with E-state index in [4.69, 9.17) is 15.0 Å². The maximum Gasteiger partial charge on any atom is 0.159 e. The average molecular weight is 691 g/mol. The topological polar surface area (TPSA) is 49.6 Å². The molecule has 10 rings (SSSR count). The molecule has 0 radical (unpaired) electrons. The first-order valence-electron chi connectivity index (χ1n) is 18.3. The molecule has 0 saturated heterocycles. The summed E-state index contributed by atoms with van der Waals surface area (Å²) < 4.78 is 0. The van der Waals surface area contributed by atoms with E-state index in [1.165, 1.54) is 38.2 Å². The second-order valence-corrected chi connectivity index (χ2v) is 13.6. The molecule has 1 unspecified atom stereocenters. The van der Waals surface area contributed by atoms with Crippen molar-refractivity contribution in [2.75, 3.05) is 0 Å². The van der Waals surface area contributed by atoms with Crippen molar-refractivity contribution < 1.29 is 0 Å². The Labute approximate surface area is 313 Å². The molecule has 2 heterocycles. The second-order valence-electron chi connectivity index (χ2n) is 13.6. The van der Waals surface area contributed by atoms with Gasteiger partial charge in [-0.15, -0.1) is 0 Å². The van der Waals surface area contributed by atoms with Crippen LogP contribution in [0.2, 0.25) is 0 Å². The quantitative estimate of drug-likeness (QED) is 0.177. The molecule has 0 saturated carbocycles. The highest BCUT2D eigenvalue weighted by molar-refractivity contribution is 6.14. The average Bonchev–Trinajstić information content (AvgIpc) is 3.26. The summed E-state index contributed by atoms with van der Waals surface area (Å²) >= 11 is 0. The highest BCUT2D eigenvalue weighted by Gasteiger charge is 2.21. The Balaban J connectivity index is 0.980. The van der Waals surface area contributed by atoms with Gasteiger partial charge in [-0.3, -0.25) is 0 Å². The minimum atomic E-state index is -0.234. The zero-order chi connectivity index (χ0) is 35.8. The van der Waals surface area contributed by atoms with Crippen molar-refractivity contribution in [2.24, 2.45) is 9.98 Å². The summed E-state index contributed by atoms with van der Waals surface area (Å²) in [5.41, 5.74) is 10.9. The Morgan fingerprint density at radius 3 is 1.56 bits per heavy atom. The number of fused-ring (bicyclic) bond motifs is 4. The molecule has 4 heteroatoms. The van der Waals surface area contributed by atoms with Crippen LogP contribution in [0.5, 0.6) is 0 Å². The van der Waals surface area contributed by atoms with Gasteiger partial charge in [0.1, 0.15) is 12.0 Å². The molecular formula is C50H34N4. The minimum Gasteiger partial charge on any atom is -0.344 e. The summed E-state index contributed by atoms with van der Waals surface area (Å²) in [5.74, 6) is 1.53. The molecule has 8 aromatic carbocycles. The van der Waals surface area contributed by atoms with E-state index in [0.717, 1.165) is 56.1 Å². The first-order valence-corrected chi connectivity index (χ1v) is 18.3. The van der Waals surface area contributed by atoms with E-state index in [9.17, 15) is 0 Å². The Morgan fingerprint density at radius 1 is 0.370 bits per heavy atom. The molecule has 9 aromatic rings. The molecule has 1 atom stereocenters. The van der Waals surface area contributed by atoms with E-state index < -0.39 is 0 Å². The fraction of sp³-hybridized carbons (Fsp3) is 0.0200. The van der Waals surface area contributed by atoms with Gasteiger partial charge in [-0.05, 0) is 50.0 Å². The molecule has 0 bridgehead atoms. The van der Waals surface area contributed by atoms with Crippen LogP contribution in [0.25, 0.3) is 66.0 Å². The number of benzene rings is 8. The largest absolute Gasteiger partial charge is 0.344 e. The van der Waals surface area contributed by atoms with E-state index >= 15 is 0 Å². The number of pyridine rings is 1. The number of amidine groups is 2. The molecule has 0 amide bonds. The lowest BCUT2D eigenvalue weighted by molar-refractivity contribution is 0.674. The number of para-hydroxylation sites is 1. The standard InChI is InChI=1S/C50H34N4/c1-3-13-36(14-4-1)48-52-49(37-15-5-2-6-16-37)54-50(53-48)38-31-27-34(28-32-38)40-21-12-22-41-39(20-11-23-42(40)41)33-25-29-35(30-26-33)47-45-19-8-7-17-43(45)44-18-9-10-24-46(44)51-47/h1-32,48H,(H,52,53,54). The predicted molar refractivity (Wildman–Crippen MR) is 225 cm³/mol. The fourth-order valence-electron chi connectivity index (χ4n) is 7.67. The number of rotatable bonds is 6. The molecule has 254 valence electrons. The van der Waals surface area contributed by atoms with Crippen molar-refractivity contribution in [3.63, 3.8) is 0 Å². The van der Waals surface area contributed by atoms with Gasteiger partial charge in [-0.2, -0.15) is 0 Å². The van der Waals surface area contributed by atoms with Crippen LogP contribution >= 0.6 is 0 Å². The maximum absolute atomic E-state index is 5.12. The maximum atomic E-state index is 5.12. The lowest BCUT2D eigenvalue weighted by atomic mass is 9.92. The summed E-state index contributed by atoms with van der Waals surface area (Å²) in [4.78, 5) is 15.1. The van der Waals surface area contributed by atoms with Crippen LogP contribution in [0.4, 0.5) is 0 Å². The van der Waals surface area contributed by atoms with E-state index in [0.29, 0.717) is 0 Å². The lowest BCUT2D eigenvalue weighted by Gasteiger charge is -2.23. The van der Waals surface area contributed by atoms with Gasteiger partial charge < -0.3 is 5.32 Å². The van der Waals surface area contributed by atoms with E-state index in [2.05, 4.69) is 163 Å². The van der Waals surface area contributed by atoms with Crippen LogP contribution in [-0.4, -0.2) is 16.7 Å². The molecule has 0 spiro atoms. The van der Waals surface area contributed by atoms with Gasteiger partial charge in [-0.1, -0.05) is 188 Å². The SMILES string of the molecule is c1ccc(C2=NC(c3ccccc3)NC(c3ccc(-c4cccc5c(-c6ccc(-c7nc8ccccc8c8ccccc78)cc6)cccc45)cc3)=N2)cc1. The first-order chi connectivity index (χ1) is 26.8. The number of aliphatic imine (C=N–C) groups is 2.